The zero-order chi connectivity index (χ0) is 17.1. The number of nitrogens with one attached hydrogen (secondary N) is 1. The third-order valence-corrected chi connectivity index (χ3v) is 7.40. The van der Waals surface area contributed by atoms with Gasteiger partial charge in [-0.2, -0.15) is 0 Å². The summed E-state index contributed by atoms with van der Waals surface area (Å²) >= 11 is 7.99. The average Bonchev–Trinajstić information content (AvgIpc) is 3.14. The highest BCUT2D eigenvalue weighted by molar-refractivity contribution is 7.10. The molecule has 4 rings (SSSR count). The summed E-state index contributed by atoms with van der Waals surface area (Å²) in [5, 5.41) is 6.98. The summed E-state index contributed by atoms with van der Waals surface area (Å²) in [6.07, 6.45) is 11.1. The number of fused-ring (bicyclic) bond motifs is 1. The number of hydrogen-bond acceptors (Lipinski definition) is 2. The van der Waals surface area contributed by atoms with Crippen LogP contribution in [0.3, 0.4) is 0 Å². The minimum atomic E-state index is 0. The Labute approximate surface area is 173 Å². The first-order valence-corrected chi connectivity index (χ1v) is 11.1. The smallest absolute Gasteiger partial charge is 0.0406 e. The van der Waals surface area contributed by atoms with Crippen LogP contribution in [0.15, 0.2) is 35.7 Å². The third-order valence-electron chi connectivity index (χ3n) is 6.10. The van der Waals surface area contributed by atoms with Gasteiger partial charge in [0.1, 0.15) is 0 Å². The number of thiophene rings is 1. The van der Waals surface area contributed by atoms with Gasteiger partial charge in [-0.05, 0) is 66.4 Å². The number of halogens is 2. The molecule has 1 saturated carbocycles. The molecule has 26 heavy (non-hydrogen) atoms. The second-order valence-corrected chi connectivity index (χ2v) is 9.11. The quantitative estimate of drug-likeness (QED) is 0.543. The highest BCUT2D eigenvalue weighted by Gasteiger charge is 2.29. The van der Waals surface area contributed by atoms with Crippen molar-refractivity contribution in [2.75, 3.05) is 6.54 Å². The SMILES string of the molecule is Cl.Clc1ccc(C2CCC(NCCC3CCCCC3)c3ccsc32)cc1. The van der Waals surface area contributed by atoms with Crippen LogP contribution < -0.4 is 5.32 Å². The van der Waals surface area contributed by atoms with Crippen molar-refractivity contribution < 1.29 is 0 Å². The van der Waals surface area contributed by atoms with Crippen LogP contribution in [0.4, 0.5) is 0 Å². The fourth-order valence-corrected chi connectivity index (χ4v) is 5.94. The highest BCUT2D eigenvalue weighted by atomic mass is 35.5. The van der Waals surface area contributed by atoms with Gasteiger partial charge in [0.2, 0.25) is 0 Å². The third kappa shape index (κ3) is 4.65. The van der Waals surface area contributed by atoms with Gasteiger partial charge in [-0.1, -0.05) is 55.8 Å². The van der Waals surface area contributed by atoms with Gasteiger partial charge in [-0.15, -0.1) is 23.7 Å². The van der Waals surface area contributed by atoms with Crippen molar-refractivity contribution in [2.45, 2.75) is 63.3 Å². The Morgan fingerprint density at radius 3 is 2.50 bits per heavy atom. The first-order valence-electron chi connectivity index (χ1n) is 9.87. The maximum atomic E-state index is 6.07. The van der Waals surface area contributed by atoms with Crippen molar-refractivity contribution >= 4 is 35.3 Å². The van der Waals surface area contributed by atoms with Gasteiger partial charge in [-0.3, -0.25) is 0 Å². The van der Waals surface area contributed by atoms with Gasteiger partial charge >= 0.3 is 0 Å². The summed E-state index contributed by atoms with van der Waals surface area (Å²) in [5.41, 5.74) is 2.95. The molecule has 0 saturated heterocycles. The van der Waals surface area contributed by atoms with Crippen molar-refractivity contribution in [2.24, 2.45) is 5.92 Å². The van der Waals surface area contributed by atoms with Crippen LogP contribution >= 0.6 is 35.3 Å². The molecule has 1 fully saturated rings. The Morgan fingerprint density at radius 2 is 1.73 bits per heavy atom. The van der Waals surface area contributed by atoms with Crippen molar-refractivity contribution in [3.8, 4) is 0 Å². The summed E-state index contributed by atoms with van der Waals surface area (Å²) in [6.45, 7) is 1.18. The zero-order valence-electron chi connectivity index (χ0n) is 15.3. The van der Waals surface area contributed by atoms with E-state index in [4.69, 9.17) is 11.6 Å². The van der Waals surface area contributed by atoms with Crippen LogP contribution in [0, 0.1) is 5.92 Å². The maximum absolute atomic E-state index is 6.07. The second-order valence-electron chi connectivity index (χ2n) is 7.72. The minimum Gasteiger partial charge on any atom is -0.310 e. The molecule has 2 aliphatic carbocycles. The molecule has 4 heteroatoms. The predicted molar refractivity (Wildman–Crippen MR) is 116 cm³/mol. The van der Waals surface area contributed by atoms with Gasteiger partial charge in [0.25, 0.3) is 0 Å². The zero-order valence-corrected chi connectivity index (χ0v) is 17.6. The molecule has 0 spiro atoms. The Hall–Kier alpha value is -0.540. The topological polar surface area (TPSA) is 12.0 Å². The van der Waals surface area contributed by atoms with E-state index in [2.05, 4.69) is 28.9 Å². The van der Waals surface area contributed by atoms with Crippen LogP contribution in [-0.4, -0.2) is 6.54 Å². The van der Waals surface area contributed by atoms with E-state index in [0.29, 0.717) is 12.0 Å². The monoisotopic (exact) mass is 409 g/mol. The van der Waals surface area contributed by atoms with E-state index in [1.165, 1.54) is 63.5 Å². The molecule has 2 atom stereocenters. The summed E-state index contributed by atoms with van der Waals surface area (Å²) < 4.78 is 0. The molecule has 1 aromatic carbocycles. The van der Waals surface area contributed by atoms with Gasteiger partial charge in [-0.25, -0.2) is 0 Å². The molecule has 2 aliphatic rings. The Bertz CT molecular complexity index is 676. The highest BCUT2D eigenvalue weighted by Crippen LogP contribution is 2.44. The molecule has 0 radical (unpaired) electrons. The summed E-state index contributed by atoms with van der Waals surface area (Å²) in [7, 11) is 0. The largest absolute Gasteiger partial charge is 0.310 e. The lowest BCUT2D eigenvalue weighted by Gasteiger charge is -2.31. The van der Waals surface area contributed by atoms with Crippen molar-refractivity contribution in [3.05, 3.63) is 56.7 Å². The summed E-state index contributed by atoms with van der Waals surface area (Å²) in [6, 6.07) is 11.4. The first kappa shape index (κ1) is 20.2. The molecule has 142 valence electrons. The lowest BCUT2D eigenvalue weighted by atomic mass is 9.82. The molecular formula is C22H29Cl2NS. The summed E-state index contributed by atoms with van der Waals surface area (Å²) in [4.78, 5) is 1.56. The minimum absolute atomic E-state index is 0. The number of rotatable bonds is 5. The molecule has 1 N–H and O–H groups in total. The molecule has 2 unspecified atom stereocenters. The van der Waals surface area contributed by atoms with Crippen molar-refractivity contribution in [1.82, 2.24) is 5.32 Å². The second kappa shape index (κ2) is 9.59. The standard InChI is InChI=1S/C22H28ClNS.ClH/c23-18-8-6-17(7-9-18)19-10-11-21(20-13-15-25-22(19)20)24-14-12-16-4-2-1-3-5-16;/h6-9,13,15-16,19,21,24H,1-5,10-12,14H2;1H. The van der Waals surface area contributed by atoms with Crippen LogP contribution in [0.2, 0.25) is 5.02 Å². The fourth-order valence-electron chi connectivity index (χ4n) is 4.68. The molecule has 0 amide bonds. The lowest BCUT2D eigenvalue weighted by Crippen LogP contribution is -2.28. The normalized spacial score (nSPS) is 23.3. The van der Waals surface area contributed by atoms with Crippen LogP contribution in [0.1, 0.15) is 79.3 Å². The summed E-state index contributed by atoms with van der Waals surface area (Å²) in [5.74, 6) is 1.51. The van der Waals surface area contributed by atoms with Gasteiger partial charge in [0.15, 0.2) is 0 Å². The Kier molecular flexibility index (Phi) is 7.45. The van der Waals surface area contributed by atoms with Crippen molar-refractivity contribution in [1.29, 1.82) is 0 Å². The van der Waals surface area contributed by atoms with Gasteiger partial charge in [0, 0.05) is 21.9 Å². The maximum Gasteiger partial charge on any atom is 0.0406 e. The van der Waals surface area contributed by atoms with E-state index in [1.807, 2.05) is 23.5 Å². The molecule has 1 nitrogen and oxygen atoms in total. The Morgan fingerprint density at radius 1 is 0.962 bits per heavy atom. The van der Waals surface area contributed by atoms with Crippen molar-refractivity contribution in [3.63, 3.8) is 0 Å². The van der Waals surface area contributed by atoms with Crippen LogP contribution in [0.25, 0.3) is 0 Å². The van der Waals surface area contributed by atoms with E-state index < -0.39 is 0 Å². The molecular weight excluding hydrogens is 381 g/mol. The molecule has 0 bridgehead atoms. The number of hydrogen-bond donors (Lipinski definition) is 1. The number of benzene rings is 1. The predicted octanol–water partition coefficient (Wildman–Crippen LogP) is 7.35. The molecule has 1 aromatic heterocycles. The van der Waals surface area contributed by atoms with Gasteiger partial charge < -0.3 is 5.32 Å². The van der Waals surface area contributed by atoms with E-state index >= 15 is 0 Å². The van der Waals surface area contributed by atoms with Crippen LogP contribution in [-0.2, 0) is 0 Å². The van der Waals surface area contributed by atoms with E-state index in [9.17, 15) is 0 Å². The fraction of sp³-hybridized carbons (Fsp3) is 0.545. The average molecular weight is 410 g/mol. The molecule has 1 heterocycles. The van der Waals surface area contributed by atoms with E-state index in [-0.39, 0.29) is 12.4 Å². The first-order chi connectivity index (χ1) is 12.3. The van der Waals surface area contributed by atoms with Crippen LogP contribution in [0.5, 0.6) is 0 Å². The van der Waals surface area contributed by atoms with E-state index in [1.54, 1.807) is 10.4 Å². The van der Waals surface area contributed by atoms with Gasteiger partial charge in [0.05, 0.1) is 0 Å². The molecule has 2 aromatic rings. The van der Waals surface area contributed by atoms with E-state index in [0.717, 1.165) is 10.9 Å². The molecule has 0 aliphatic heterocycles. The lowest BCUT2D eigenvalue weighted by molar-refractivity contribution is 0.323. The Balaban J connectivity index is 0.00000196.